The minimum absolute atomic E-state index is 0.0947. The van der Waals surface area contributed by atoms with Crippen LogP contribution < -0.4 is 16.2 Å². The van der Waals surface area contributed by atoms with Crippen molar-refractivity contribution in [1.29, 1.82) is 0 Å². The van der Waals surface area contributed by atoms with Crippen molar-refractivity contribution in [3.63, 3.8) is 0 Å². The molecule has 3 N–H and O–H groups in total. The summed E-state index contributed by atoms with van der Waals surface area (Å²) in [6.07, 6.45) is 0. The zero-order chi connectivity index (χ0) is 14.5. The molecule has 0 aromatic heterocycles. The summed E-state index contributed by atoms with van der Waals surface area (Å²) in [5.74, 6) is -0.116. The molecule has 0 spiro atoms. The molecule has 4 heteroatoms. The summed E-state index contributed by atoms with van der Waals surface area (Å²) in [5.41, 5.74) is 6.29. The molecule has 0 atom stereocenters. The fourth-order valence-corrected chi connectivity index (χ4v) is 1.27. The van der Waals surface area contributed by atoms with Gasteiger partial charge in [0, 0.05) is 22.3 Å². The largest absolute Gasteiger partial charge is 0.350 e. The Labute approximate surface area is 101 Å². The van der Waals surface area contributed by atoms with E-state index in [1.54, 1.807) is 24.3 Å². The van der Waals surface area contributed by atoms with Crippen LogP contribution in [0.5, 0.6) is 0 Å². The molecular formula is C12H19N3O. The summed E-state index contributed by atoms with van der Waals surface area (Å²) in [4.78, 5) is 11.7. The fourth-order valence-electron chi connectivity index (χ4n) is 1.27. The number of hydrazine groups is 1. The molecule has 0 saturated heterocycles. The Morgan fingerprint density at radius 1 is 1.38 bits per heavy atom. The van der Waals surface area contributed by atoms with Crippen molar-refractivity contribution in [2.45, 2.75) is 26.4 Å². The van der Waals surface area contributed by atoms with E-state index in [0.717, 1.165) is 5.56 Å². The van der Waals surface area contributed by atoms with Crippen LogP contribution in [0.2, 0.25) is 0 Å². The van der Waals surface area contributed by atoms with Crippen LogP contribution in [0.4, 0.5) is 0 Å². The van der Waals surface area contributed by atoms with Gasteiger partial charge in [0.2, 0.25) is 0 Å². The predicted octanol–water partition coefficient (Wildman–Crippen LogP) is 1.05. The van der Waals surface area contributed by atoms with Crippen LogP contribution in [0, 0.1) is 0 Å². The van der Waals surface area contributed by atoms with E-state index in [-0.39, 0.29) is 11.9 Å². The molecule has 0 bridgehead atoms. The Morgan fingerprint density at radius 2 is 2.06 bits per heavy atom. The van der Waals surface area contributed by atoms with Crippen LogP contribution in [0.1, 0.15) is 33.9 Å². The molecule has 0 aliphatic heterocycles. The van der Waals surface area contributed by atoms with Crippen molar-refractivity contribution < 1.29 is 8.91 Å². The van der Waals surface area contributed by atoms with E-state index < -0.39 is 6.98 Å². The Balaban J connectivity index is 2.50. The number of hydrogen-bond donors (Lipinski definition) is 3. The normalized spacial score (nSPS) is 14.1. The summed E-state index contributed by atoms with van der Waals surface area (Å²) >= 11 is 0. The van der Waals surface area contributed by atoms with Crippen molar-refractivity contribution in [1.82, 2.24) is 16.2 Å². The number of rotatable bonds is 5. The van der Waals surface area contributed by atoms with Gasteiger partial charge in [-0.25, -0.2) is 0 Å². The van der Waals surface area contributed by atoms with E-state index >= 15 is 0 Å². The van der Waals surface area contributed by atoms with E-state index in [9.17, 15) is 4.79 Å². The van der Waals surface area contributed by atoms with E-state index in [4.69, 9.17) is 4.11 Å². The number of hydrogen-bond acceptors (Lipinski definition) is 3. The third-order valence-electron chi connectivity index (χ3n) is 2.02. The number of amides is 1. The molecule has 0 radical (unpaired) electrons. The average molecular weight is 224 g/mol. The molecule has 0 aliphatic rings. The van der Waals surface area contributed by atoms with E-state index in [2.05, 4.69) is 16.2 Å². The minimum atomic E-state index is -2.21. The van der Waals surface area contributed by atoms with Crippen molar-refractivity contribution in [3.8, 4) is 0 Å². The monoisotopic (exact) mass is 224 g/mol. The van der Waals surface area contributed by atoms with Gasteiger partial charge in [0.1, 0.15) is 0 Å². The maximum atomic E-state index is 11.7. The second-order valence-electron chi connectivity index (χ2n) is 3.80. The van der Waals surface area contributed by atoms with E-state index in [1.807, 2.05) is 13.8 Å². The maximum absolute atomic E-state index is 11.7. The third-order valence-corrected chi connectivity index (χ3v) is 2.02. The van der Waals surface area contributed by atoms with E-state index in [0.29, 0.717) is 12.1 Å². The van der Waals surface area contributed by atoms with Crippen LogP contribution in [-0.4, -0.2) is 18.9 Å². The highest BCUT2D eigenvalue weighted by Crippen LogP contribution is 2.04. The Kier molecular flexibility index (Phi) is 3.41. The number of carbonyl (C=O) groups is 1. The molecule has 0 aliphatic carbocycles. The first-order chi connectivity index (χ1) is 8.78. The molecule has 0 heterocycles. The second-order valence-corrected chi connectivity index (χ2v) is 3.80. The van der Waals surface area contributed by atoms with E-state index in [1.165, 1.54) is 0 Å². The molecule has 88 valence electrons. The molecule has 1 aromatic carbocycles. The molecule has 4 nitrogen and oxygen atoms in total. The van der Waals surface area contributed by atoms with Crippen molar-refractivity contribution in [3.05, 3.63) is 35.4 Å². The average Bonchev–Trinajstić information content (AvgIpc) is 2.27. The van der Waals surface area contributed by atoms with Gasteiger partial charge in [0.25, 0.3) is 5.91 Å². The number of nitrogens with one attached hydrogen (secondary N) is 3. The van der Waals surface area contributed by atoms with Crippen molar-refractivity contribution in [2.24, 2.45) is 0 Å². The summed E-state index contributed by atoms with van der Waals surface area (Å²) in [6, 6.07) is 7.08. The second kappa shape index (κ2) is 6.25. The zero-order valence-electron chi connectivity index (χ0n) is 12.5. The van der Waals surface area contributed by atoms with Crippen LogP contribution >= 0.6 is 0 Å². The molecule has 16 heavy (non-hydrogen) atoms. The summed E-state index contributed by atoms with van der Waals surface area (Å²) in [6.45, 7) is 1.95. The molecule has 0 saturated carbocycles. The van der Waals surface area contributed by atoms with Gasteiger partial charge in [-0.1, -0.05) is 12.1 Å². The lowest BCUT2D eigenvalue weighted by Crippen LogP contribution is -2.30. The predicted molar refractivity (Wildman–Crippen MR) is 64.9 cm³/mol. The molecule has 1 rings (SSSR count). The maximum Gasteiger partial charge on any atom is 0.251 e. The zero-order valence-corrected chi connectivity index (χ0v) is 9.50. The van der Waals surface area contributed by atoms with Gasteiger partial charge in [0.05, 0.1) is 0 Å². The number of benzene rings is 1. The lowest BCUT2D eigenvalue weighted by molar-refractivity contribution is 0.0943. The first-order valence-electron chi connectivity index (χ1n) is 6.68. The van der Waals surface area contributed by atoms with Gasteiger partial charge >= 0.3 is 0 Å². The van der Waals surface area contributed by atoms with Crippen LogP contribution in [0.25, 0.3) is 0 Å². The third kappa shape index (κ3) is 4.00. The SMILES string of the molecule is [2H]C([2H])([2H])NNCc1ccc(C(=O)NC(C)C)cc1. The van der Waals surface area contributed by atoms with Crippen LogP contribution in [-0.2, 0) is 6.54 Å². The van der Waals surface area contributed by atoms with Gasteiger partial charge in [-0.3, -0.25) is 15.6 Å². The molecule has 1 amide bonds. The lowest BCUT2D eigenvalue weighted by atomic mass is 10.1. The molecule has 1 aromatic rings. The first kappa shape index (κ1) is 8.73. The number of carbonyl (C=O) groups excluding carboxylic acids is 1. The highest BCUT2D eigenvalue weighted by Gasteiger charge is 2.05. The lowest BCUT2D eigenvalue weighted by Gasteiger charge is -2.09. The van der Waals surface area contributed by atoms with Crippen molar-refractivity contribution in [2.75, 3.05) is 6.98 Å². The summed E-state index contributed by atoms with van der Waals surface area (Å²) in [7, 11) is 0. The molecular weight excluding hydrogens is 202 g/mol. The topological polar surface area (TPSA) is 53.2 Å². The highest BCUT2D eigenvalue weighted by molar-refractivity contribution is 5.94. The summed E-state index contributed by atoms with van der Waals surface area (Å²) < 4.78 is 20.9. The Morgan fingerprint density at radius 3 is 2.62 bits per heavy atom. The first-order valence-corrected chi connectivity index (χ1v) is 5.18. The fraction of sp³-hybridized carbons (Fsp3) is 0.417. The van der Waals surface area contributed by atoms with Gasteiger partial charge in [-0.15, -0.1) is 0 Å². The van der Waals surface area contributed by atoms with Gasteiger partial charge in [0.15, 0.2) is 0 Å². The minimum Gasteiger partial charge on any atom is -0.350 e. The van der Waals surface area contributed by atoms with Crippen molar-refractivity contribution >= 4 is 5.91 Å². The molecule has 0 unspecified atom stereocenters. The van der Waals surface area contributed by atoms with Gasteiger partial charge in [-0.2, -0.15) is 0 Å². The quantitative estimate of drug-likeness (QED) is 0.655. The van der Waals surface area contributed by atoms with Gasteiger partial charge < -0.3 is 5.32 Å². The van der Waals surface area contributed by atoms with Crippen LogP contribution in [0.3, 0.4) is 0 Å². The smallest absolute Gasteiger partial charge is 0.251 e. The molecule has 0 fully saturated rings. The van der Waals surface area contributed by atoms with Gasteiger partial charge in [-0.05, 0) is 38.5 Å². The summed E-state index contributed by atoms with van der Waals surface area (Å²) in [5, 5.41) is 2.80. The van der Waals surface area contributed by atoms with Crippen LogP contribution in [0.15, 0.2) is 24.3 Å². The standard InChI is InChI=1S/C12H19N3O/c1-9(2)15-12(16)11-6-4-10(5-7-11)8-14-13-3/h4-7,9,13-14H,8H2,1-3H3,(H,15,16)/i3D3. The Hall–Kier alpha value is -1.39. The Bertz CT molecular complexity index is 415. The highest BCUT2D eigenvalue weighted by atomic mass is 16.1.